The molecule has 3 nitrogen and oxygen atoms in total. The average molecular weight is 301 g/mol. The molecule has 114 valence electrons. The molecule has 7 heteroatoms. The summed E-state index contributed by atoms with van der Waals surface area (Å²) in [6.07, 6.45) is 1.32. The Morgan fingerprint density at radius 2 is 2.21 bits per heavy atom. The Bertz CT molecular complexity index is 266. The van der Waals surface area contributed by atoms with Gasteiger partial charge in [0.2, 0.25) is 0 Å². The van der Waals surface area contributed by atoms with Crippen molar-refractivity contribution < 1.29 is 22.6 Å². The van der Waals surface area contributed by atoms with Crippen molar-refractivity contribution >= 4 is 11.8 Å². The highest BCUT2D eigenvalue weighted by molar-refractivity contribution is 8.00. The van der Waals surface area contributed by atoms with Gasteiger partial charge in [-0.3, -0.25) is 0 Å². The van der Waals surface area contributed by atoms with Gasteiger partial charge in [0.25, 0.3) is 0 Å². The largest absolute Gasteiger partial charge is 0.441 e. The zero-order valence-corrected chi connectivity index (χ0v) is 12.2. The molecule has 0 amide bonds. The molecule has 2 atom stereocenters. The van der Waals surface area contributed by atoms with Crippen LogP contribution in [-0.4, -0.2) is 50.8 Å². The van der Waals surface area contributed by atoms with E-state index in [0.717, 1.165) is 6.42 Å². The molecule has 1 aliphatic heterocycles. The van der Waals surface area contributed by atoms with E-state index in [4.69, 9.17) is 9.47 Å². The number of hydrogen-bond donors (Lipinski definition) is 1. The maximum atomic E-state index is 12.2. The van der Waals surface area contributed by atoms with Gasteiger partial charge in [0.05, 0.1) is 12.7 Å². The minimum Gasteiger partial charge on any atom is -0.383 e. The molecule has 0 aromatic rings. The van der Waals surface area contributed by atoms with Crippen molar-refractivity contribution in [1.82, 2.24) is 5.32 Å². The van der Waals surface area contributed by atoms with Gasteiger partial charge in [0, 0.05) is 38.0 Å². The standard InChI is InChI=1S/C12H22F3NO2S/c1-10-11(3-6-18-10,9-16-5-7-17-2)4-8-19-12(13,14)15/h10,16H,3-9H2,1-2H3. The Morgan fingerprint density at radius 1 is 1.47 bits per heavy atom. The zero-order valence-electron chi connectivity index (χ0n) is 11.4. The fourth-order valence-corrected chi connectivity index (χ4v) is 3.09. The molecule has 0 aromatic heterocycles. The summed E-state index contributed by atoms with van der Waals surface area (Å²) in [5, 5.41) is 3.25. The lowest BCUT2D eigenvalue weighted by molar-refractivity contribution is -0.0330. The molecule has 2 unspecified atom stereocenters. The monoisotopic (exact) mass is 301 g/mol. The fourth-order valence-electron chi connectivity index (χ4n) is 2.35. The van der Waals surface area contributed by atoms with Crippen LogP contribution < -0.4 is 5.32 Å². The maximum Gasteiger partial charge on any atom is 0.441 e. The van der Waals surface area contributed by atoms with Crippen LogP contribution in [0.3, 0.4) is 0 Å². The van der Waals surface area contributed by atoms with Gasteiger partial charge < -0.3 is 14.8 Å². The summed E-state index contributed by atoms with van der Waals surface area (Å²) in [4.78, 5) is 0. The van der Waals surface area contributed by atoms with Crippen molar-refractivity contribution in [3.05, 3.63) is 0 Å². The molecule has 0 spiro atoms. The molecule has 1 aliphatic rings. The van der Waals surface area contributed by atoms with Crippen LogP contribution in [0.25, 0.3) is 0 Å². The minimum atomic E-state index is -4.15. The summed E-state index contributed by atoms with van der Waals surface area (Å²) >= 11 is 0.0567. The van der Waals surface area contributed by atoms with E-state index in [2.05, 4.69) is 5.32 Å². The lowest BCUT2D eigenvalue weighted by Crippen LogP contribution is -2.41. The summed E-state index contributed by atoms with van der Waals surface area (Å²) in [6.45, 7) is 4.56. The molecule has 0 bridgehead atoms. The van der Waals surface area contributed by atoms with Crippen molar-refractivity contribution in [3.8, 4) is 0 Å². The van der Waals surface area contributed by atoms with Crippen LogP contribution in [-0.2, 0) is 9.47 Å². The second kappa shape index (κ2) is 7.71. The highest BCUT2D eigenvalue weighted by Gasteiger charge is 2.41. The van der Waals surface area contributed by atoms with Crippen molar-refractivity contribution in [3.63, 3.8) is 0 Å². The Labute approximate surface area is 116 Å². The quantitative estimate of drug-likeness (QED) is 0.698. The van der Waals surface area contributed by atoms with Gasteiger partial charge in [0.1, 0.15) is 0 Å². The molecule has 0 saturated carbocycles. The first-order valence-electron chi connectivity index (χ1n) is 6.41. The van der Waals surface area contributed by atoms with Crippen LogP contribution in [0, 0.1) is 5.41 Å². The highest BCUT2D eigenvalue weighted by Crippen LogP contribution is 2.41. The first-order valence-corrected chi connectivity index (χ1v) is 7.40. The maximum absolute atomic E-state index is 12.2. The average Bonchev–Trinajstić information content (AvgIpc) is 2.65. The molecule has 1 rings (SSSR count). The van der Waals surface area contributed by atoms with Gasteiger partial charge in [-0.1, -0.05) is 11.8 Å². The summed E-state index contributed by atoms with van der Waals surface area (Å²) in [5.74, 6) is 0.0865. The molecule has 0 aromatic carbocycles. The normalized spacial score (nSPS) is 27.9. The van der Waals surface area contributed by atoms with E-state index in [1.165, 1.54) is 0 Å². The molecule has 1 fully saturated rings. The van der Waals surface area contributed by atoms with Crippen LogP contribution in [0.4, 0.5) is 13.2 Å². The molecule has 1 saturated heterocycles. The SMILES string of the molecule is COCCNCC1(CCSC(F)(F)F)CCOC1C. The van der Waals surface area contributed by atoms with Gasteiger partial charge in [-0.2, -0.15) is 13.2 Å². The zero-order chi connectivity index (χ0) is 14.4. The van der Waals surface area contributed by atoms with Crippen molar-refractivity contribution in [2.24, 2.45) is 5.41 Å². The molecule has 19 heavy (non-hydrogen) atoms. The number of hydrogen-bond acceptors (Lipinski definition) is 4. The van der Waals surface area contributed by atoms with Crippen LogP contribution in [0.1, 0.15) is 19.8 Å². The van der Waals surface area contributed by atoms with E-state index in [-0.39, 0.29) is 29.0 Å². The smallest absolute Gasteiger partial charge is 0.383 e. The van der Waals surface area contributed by atoms with Gasteiger partial charge in [-0.05, 0) is 19.8 Å². The predicted molar refractivity (Wildman–Crippen MR) is 70.3 cm³/mol. The number of thioether (sulfide) groups is 1. The van der Waals surface area contributed by atoms with Gasteiger partial charge in [0.15, 0.2) is 0 Å². The Morgan fingerprint density at radius 3 is 2.74 bits per heavy atom. The lowest BCUT2D eigenvalue weighted by atomic mass is 9.79. The van der Waals surface area contributed by atoms with Crippen LogP contribution in [0.5, 0.6) is 0 Å². The number of alkyl halides is 3. The number of rotatable bonds is 8. The molecule has 0 aliphatic carbocycles. The summed E-state index contributed by atoms with van der Waals surface area (Å²) in [7, 11) is 1.62. The third-order valence-corrected chi connectivity index (χ3v) is 4.39. The summed E-state index contributed by atoms with van der Waals surface area (Å²) in [5.41, 5.74) is -4.33. The van der Waals surface area contributed by atoms with E-state index >= 15 is 0 Å². The van der Waals surface area contributed by atoms with E-state index in [1.807, 2.05) is 6.92 Å². The lowest BCUT2D eigenvalue weighted by Gasteiger charge is -2.32. The van der Waals surface area contributed by atoms with E-state index in [0.29, 0.717) is 32.7 Å². The number of halogens is 3. The molecular formula is C12H22F3NO2S. The molecule has 1 heterocycles. The first kappa shape index (κ1) is 17.1. The van der Waals surface area contributed by atoms with Gasteiger partial charge >= 0.3 is 5.51 Å². The molecule has 0 radical (unpaired) electrons. The van der Waals surface area contributed by atoms with Crippen LogP contribution in [0.2, 0.25) is 0 Å². The third kappa shape index (κ3) is 5.89. The Kier molecular flexibility index (Phi) is 6.93. The Hall–Kier alpha value is 0.0200. The van der Waals surface area contributed by atoms with E-state index in [1.54, 1.807) is 7.11 Å². The van der Waals surface area contributed by atoms with Crippen molar-refractivity contribution in [1.29, 1.82) is 0 Å². The van der Waals surface area contributed by atoms with Crippen molar-refractivity contribution in [2.45, 2.75) is 31.4 Å². The minimum absolute atomic E-state index is 0.00335. The fraction of sp³-hybridized carbons (Fsp3) is 1.00. The number of nitrogens with one attached hydrogen (secondary N) is 1. The second-order valence-corrected chi connectivity index (χ2v) is 6.00. The number of methoxy groups -OCH3 is 1. The predicted octanol–water partition coefficient (Wildman–Crippen LogP) is 2.66. The highest BCUT2D eigenvalue weighted by atomic mass is 32.2. The first-order chi connectivity index (χ1) is 8.90. The van der Waals surface area contributed by atoms with Crippen LogP contribution >= 0.6 is 11.8 Å². The second-order valence-electron chi connectivity index (χ2n) is 4.84. The topological polar surface area (TPSA) is 30.5 Å². The summed E-state index contributed by atoms with van der Waals surface area (Å²) < 4.78 is 47.1. The number of ether oxygens (including phenoxy) is 2. The van der Waals surface area contributed by atoms with Gasteiger partial charge in [-0.15, -0.1) is 0 Å². The third-order valence-electron chi connectivity index (χ3n) is 3.66. The van der Waals surface area contributed by atoms with E-state index < -0.39 is 5.51 Å². The summed E-state index contributed by atoms with van der Waals surface area (Å²) in [6, 6.07) is 0. The molecule has 1 N–H and O–H groups in total. The van der Waals surface area contributed by atoms with E-state index in [9.17, 15) is 13.2 Å². The van der Waals surface area contributed by atoms with Crippen LogP contribution in [0.15, 0.2) is 0 Å². The Balaban J connectivity index is 2.42. The van der Waals surface area contributed by atoms with Crippen molar-refractivity contribution in [2.75, 3.05) is 39.2 Å². The van der Waals surface area contributed by atoms with Gasteiger partial charge in [-0.25, -0.2) is 0 Å². The molecular weight excluding hydrogens is 279 g/mol.